The molecular formula is C22H29ClN4O4S. The van der Waals surface area contributed by atoms with Gasteiger partial charge < -0.3 is 16.4 Å². The van der Waals surface area contributed by atoms with E-state index in [-0.39, 0.29) is 52.3 Å². The third-order valence-electron chi connectivity index (χ3n) is 7.74. The van der Waals surface area contributed by atoms with Gasteiger partial charge in [0.2, 0.25) is 21.8 Å². The second kappa shape index (κ2) is 7.97. The molecule has 2 amide bonds. The summed E-state index contributed by atoms with van der Waals surface area (Å²) in [5.74, 6) is -0.663. The van der Waals surface area contributed by atoms with Crippen LogP contribution in [0.5, 0.6) is 0 Å². The molecule has 32 heavy (non-hydrogen) atoms. The molecule has 3 heterocycles. The summed E-state index contributed by atoms with van der Waals surface area (Å²) in [4.78, 5) is 26.3. The molecule has 3 fully saturated rings. The maximum absolute atomic E-state index is 13.5. The quantitative estimate of drug-likeness (QED) is 0.680. The summed E-state index contributed by atoms with van der Waals surface area (Å²) in [6.07, 6.45) is 5.83. The normalized spacial score (nSPS) is 32.9. The highest BCUT2D eigenvalue weighted by Crippen LogP contribution is 2.45. The number of sulfonamides is 1. The van der Waals surface area contributed by atoms with E-state index in [9.17, 15) is 18.0 Å². The van der Waals surface area contributed by atoms with Crippen LogP contribution in [0.25, 0.3) is 0 Å². The van der Waals surface area contributed by atoms with Crippen molar-refractivity contribution in [3.05, 3.63) is 28.3 Å². The minimum absolute atomic E-state index is 0.0420. The van der Waals surface area contributed by atoms with E-state index in [0.29, 0.717) is 31.4 Å². The van der Waals surface area contributed by atoms with Gasteiger partial charge in [0.1, 0.15) is 0 Å². The van der Waals surface area contributed by atoms with Crippen LogP contribution >= 0.6 is 11.6 Å². The monoisotopic (exact) mass is 480 g/mol. The van der Waals surface area contributed by atoms with Crippen molar-refractivity contribution in [3.8, 4) is 0 Å². The van der Waals surface area contributed by atoms with E-state index in [4.69, 9.17) is 23.1 Å². The summed E-state index contributed by atoms with van der Waals surface area (Å²) in [7, 11) is -3.39. The van der Waals surface area contributed by atoms with Gasteiger partial charge >= 0.3 is 0 Å². The second-order valence-corrected chi connectivity index (χ2v) is 12.2. The topological polar surface area (TPSA) is 127 Å². The summed E-state index contributed by atoms with van der Waals surface area (Å²) >= 11 is 6.27. The van der Waals surface area contributed by atoms with Gasteiger partial charge in [-0.1, -0.05) is 11.6 Å². The number of amides is 2. The fourth-order valence-electron chi connectivity index (χ4n) is 6.24. The van der Waals surface area contributed by atoms with E-state index in [2.05, 4.69) is 0 Å². The van der Waals surface area contributed by atoms with Crippen LogP contribution < -0.4 is 16.4 Å². The van der Waals surface area contributed by atoms with Gasteiger partial charge in [-0.25, -0.2) is 8.42 Å². The van der Waals surface area contributed by atoms with Crippen LogP contribution in [0.4, 0.5) is 5.69 Å². The molecule has 2 atom stereocenters. The molecule has 0 aromatic heterocycles. The van der Waals surface area contributed by atoms with Crippen molar-refractivity contribution in [2.75, 3.05) is 4.90 Å². The second-order valence-electron chi connectivity index (χ2n) is 9.69. The lowest BCUT2D eigenvalue weighted by molar-refractivity contribution is -0.118. The molecule has 1 saturated carbocycles. The van der Waals surface area contributed by atoms with E-state index >= 15 is 0 Å². The van der Waals surface area contributed by atoms with Crippen molar-refractivity contribution in [1.82, 2.24) is 4.31 Å². The lowest BCUT2D eigenvalue weighted by atomic mass is 9.96. The summed E-state index contributed by atoms with van der Waals surface area (Å²) in [5, 5.41) is -0.114. The first-order valence-electron chi connectivity index (χ1n) is 11.4. The van der Waals surface area contributed by atoms with E-state index in [0.717, 1.165) is 31.2 Å². The van der Waals surface area contributed by atoms with E-state index < -0.39 is 15.9 Å². The van der Waals surface area contributed by atoms with Crippen molar-refractivity contribution >= 4 is 39.1 Å². The standard InChI is InChI=1S/C22H29ClN4O4S/c23-19-11-20-12(7-18(19)22(25)29)8-21(28)26(20)16-9-14-3-4-15(10-16)27(14)32(30,31)17-5-1-13(24)2-6-17/h7,11,13-17H,1-6,8-10,24H2,(H2,25,29). The molecule has 10 heteroatoms. The molecule has 0 radical (unpaired) electrons. The van der Waals surface area contributed by atoms with Gasteiger partial charge in [0.05, 0.1) is 22.3 Å². The van der Waals surface area contributed by atoms with Gasteiger partial charge in [-0.05, 0) is 69.1 Å². The number of nitrogens with zero attached hydrogens (tertiary/aromatic N) is 2. The van der Waals surface area contributed by atoms with Gasteiger partial charge in [0.15, 0.2) is 0 Å². The fraction of sp³-hybridized carbons (Fsp3) is 0.636. The maximum Gasteiger partial charge on any atom is 0.250 e. The molecule has 3 aliphatic heterocycles. The summed E-state index contributed by atoms with van der Waals surface area (Å²) in [6.45, 7) is 0. The number of anilines is 1. The molecule has 4 N–H and O–H groups in total. The average molecular weight is 481 g/mol. The molecule has 1 aromatic rings. The molecule has 2 saturated heterocycles. The van der Waals surface area contributed by atoms with Crippen LogP contribution in [0.1, 0.15) is 67.3 Å². The Labute approximate surface area is 193 Å². The number of fused-ring (bicyclic) bond motifs is 3. The molecular weight excluding hydrogens is 452 g/mol. The lowest BCUT2D eigenvalue weighted by Gasteiger charge is -2.43. The molecule has 174 valence electrons. The first-order chi connectivity index (χ1) is 15.2. The lowest BCUT2D eigenvalue weighted by Crippen LogP contribution is -2.55. The van der Waals surface area contributed by atoms with Crippen LogP contribution in [0, 0.1) is 0 Å². The highest BCUT2D eigenvalue weighted by Gasteiger charge is 2.51. The fourth-order valence-corrected chi connectivity index (χ4v) is 8.91. The van der Waals surface area contributed by atoms with Crippen LogP contribution in [0.2, 0.25) is 5.02 Å². The number of rotatable bonds is 4. The number of halogens is 1. The third kappa shape index (κ3) is 3.54. The molecule has 4 aliphatic rings. The largest absolute Gasteiger partial charge is 0.366 e. The number of hydrogen-bond donors (Lipinski definition) is 2. The predicted molar refractivity (Wildman–Crippen MR) is 122 cm³/mol. The number of piperidine rings is 1. The van der Waals surface area contributed by atoms with E-state index in [1.807, 2.05) is 0 Å². The van der Waals surface area contributed by atoms with Crippen LogP contribution in [0.15, 0.2) is 12.1 Å². The van der Waals surface area contributed by atoms with Crippen molar-refractivity contribution in [1.29, 1.82) is 0 Å². The van der Waals surface area contributed by atoms with Gasteiger partial charge in [0, 0.05) is 29.9 Å². The SMILES string of the molecule is NC(=O)c1cc2c(cc1Cl)N(C1CC3CCC(C1)N3S(=O)(=O)C1CCC(N)CC1)C(=O)C2. The Morgan fingerprint density at radius 1 is 1.00 bits per heavy atom. The van der Waals surface area contributed by atoms with Crippen LogP contribution in [-0.4, -0.2) is 54.0 Å². The molecule has 8 nitrogen and oxygen atoms in total. The average Bonchev–Trinajstić information content (AvgIpc) is 3.20. The van der Waals surface area contributed by atoms with E-state index in [1.54, 1.807) is 21.3 Å². The highest BCUT2D eigenvalue weighted by molar-refractivity contribution is 7.89. The number of benzene rings is 1. The third-order valence-corrected chi connectivity index (χ3v) is 10.6. The van der Waals surface area contributed by atoms with Crippen molar-refractivity contribution in [3.63, 3.8) is 0 Å². The van der Waals surface area contributed by atoms with Gasteiger partial charge in [0.25, 0.3) is 0 Å². The van der Waals surface area contributed by atoms with Gasteiger partial charge in [-0.3, -0.25) is 9.59 Å². The van der Waals surface area contributed by atoms with Crippen molar-refractivity contribution < 1.29 is 18.0 Å². The molecule has 2 unspecified atom stereocenters. The summed E-state index contributed by atoms with van der Waals surface area (Å²) < 4.78 is 28.7. The summed E-state index contributed by atoms with van der Waals surface area (Å²) in [6, 6.07) is 3.11. The first-order valence-corrected chi connectivity index (χ1v) is 13.3. The van der Waals surface area contributed by atoms with Crippen molar-refractivity contribution in [2.24, 2.45) is 11.5 Å². The first kappa shape index (κ1) is 22.1. The van der Waals surface area contributed by atoms with E-state index in [1.165, 1.54) is 0 Å². The minimum atomic E-state index is -3.39. The zero-order valence-electron chi connectivity index (χ0n) is 17.9. The Kier molecular flexibility index (Phi) is 5.51. The maximum atomic E-state index is 13.5. The Hall–Kier alpha value is -1.68. The molecule has 1 aromatic carbocycles. The Morgan fingerprint density at radius 2 is 1.62 bits per heavy atom. The number of carbonyl (C=O) groups excluding carboxylic acids is 2. The Balaban J connectivity index is 1.38. The zero-order chi connectivity index (χ0) is 22.8. The number of nitrogens with two attached hydrogens (primary N) is 2. The molecule has 5 rings (SSSR count). The zero-order valence-corrected chi connectivity index (χ0v) is 19.4. The number of carbonyl (C=O) groups is 2. The van der Waals surface area contributed by atoms with Crippen LogP contribution in [0.3, 0.4) is 0 Å². The molecule has 0 spiro atoms. The van der Waals surface area contributed by atoms with Gasteiger partial charge in [-0.15, -0.1) is 0 Å². The Morgan fingerprint density at radius 3 is 2.22 bits per heavy atom. The molecule has 2 bridgehead atoms. The predicted octanol–water partition coefficient (Wildman–Crippen LogP) is 1.92. The van der Waals surface area contributed by atoms with Crippen molar-refractivity contribution in [2.45, 2.75) is 87.2 Å². The van der Waals surface area contributed by atoms with Gasteiger partial charge in [-0.2, -0.15) is 4.31 Å². The number of primary amides is 1. The van der Waals surface area contributed by atoms with Crippen LogP contribution in [-0.2, 0) is 21.2 Å². The molecule has 1 aliphatic carbocycles. The minimum Gasteiger partial charge on any atom is -0.366 e. The number of hydrogen-bond acceptors (Lipinski definition) is 5. The smallest absolute Gasteiger partial charge is 0.250 e. The highest BCUT2D eigenvalue weighted by atomic mass is 35.5. The Bertz CT molecular complexity index is 1060. The summed E-state index contributed by atoms with van der Waals surface area (Å²) in [5.41, 5.74) is 13.1.